The van der Waals surface area contributed by atoms with Gasteiger partial charge in [-0.05, 0) is 50.7 Å². The van der Waals surface area contributed by atoms with E-state index < -0.39 is 23.7 Å². The highest BCUT2D eigenvalue weighted by molar-refractivity contribution is 5.81. The van der Waals surface area contributed by atoms with Crippen molar-refractivity contribution in [3.63, 3.8) is 0 Å². The molecule has 0 bridgehead atoms. The Morgan fingerprint density at radius 1 is 1.24 bits per heavy atom. The van der Waals surface area contributed by atoms with Crippen LogP contribution in [0.1, 0.15) is 56.7 Å². The lowest BCUT2D eigenvalue weighted by Crippen LogP contribution is -2.38. The molecule has 1 aliphatic carbocycles. The molecule has 2 rings (SSSR count). The third-order valence-electron chi connectivity index (χ3n) is 3.23. The van der Waals surface area contributed by atoms with Gasteiger partial charge in [0.25, 0.3) is 0 Å². The second-order valence-corrected chi connectivity index (χ2v) is 6.36. The van der Waals surface area contributed by atoms with Gasteiger partial charge in [-0.1, -0.05) is 24.3 Å². The highest BCUT2D eigenvalue weighted by Gasteiger charge is 2.27. The minimum Gasteiger partial charge on any atom is -0.479 e. The quantitative estimate of drug-likeness (QED) is 0.893. The molecule has 21 heavy (non-hydrogen) atoms. The fourth-order valence-electron chi connectivity index (χ4n) is 2.09. The summed E-state index contributed by atoms with van der Waals surface area (Å²) in [6.07, 6.45) is 1.65. The summed E-state index contributed by atoms with van der Waals surface area (Å²) in [5.74, 6) is -0.499. The van der Waals surface area contributed by atoms with E-state index in [1.54, 1.807) is 32.9 Å². The number of carbonyl (C=O) groups is 2. The second-order valence-electron chi connectivity index (χ2n) is 6.36. The Bertz CT molecular complexity index is 526. The maximum absolute atomic E-state index is 11.7. The third kappa shape index (κ3) is 4.48. The summed E-state index contributed by atoms with van der Waals surface area (Å²) in [5, 5.41) is 11.7. The van der Waals surface area contributed by atoms with Crippen molar-refractivity contribution in [1.82, 2.24) is 5.32 Å². The van der Waals surface area contributed by atoms with Crippen molar-refractivity contribution in [2.45, 2.75) is 51.2 Å². The Labute approximate surface area is 124 Å². The monoisotopic (exact) mass is 291 g/mol. The van der Waals surface area contributed by atoms with Crippen LogP contribution in [0.3, 0.4) is 0 Å². The van der Waals surface area contributed by atoms with E-state index in [0.29, 0.717) is 11.5 Å². The zero-order valence-corrected chi connectivity index (χ0v) is 12.6. The first-order valence-electron chi connectivity index (χ1n) is 7.08. The molecular formula is C16H21NO4. The number of hydrogen-bond acceptors (Lipinski definition) is 3. The molecule has 0 aromatic heterocycles. The Balaban J connectivity index is 2.07. The van der Waals surface area contributed by atoms with Crippen molar-refractivity contribution >= 4 is 12.1 Å². The number of ether oxygens (including phenoxy) is 1. The van der Waals surface area contributed by atoms with E-state index in [2.05, 4.69) is 5.32 Å². The van der Waals surface area contributed by atoms with Crippen LogP contribution in [0.25, 0.3) is 0 Å². The predicted octanol–water partition coefficient (Wildman–Crippen LogP) is 3.21. The molecule has 0 saturated heterocycles. The molecule has 1 aromatic carbocycles. The summed E-state index contributed by atoms with van der Waals surface area (Å²) < 4.78 is 5.10. The first kappa shape index (κ1) is 15.4. The molecule has 5 nitrogen and oxygen atoms in total. The van der Waals surface area contributed by atoms with E-state index in [1.165, 1.54) is 18.4 Å². The summed E-state index contributed by atoms with van der Waals surface area (Å²) in [7, 11) is 0. The maximum atomic E-state index is 11.7. The van der Waals surface area contributed by atoms with Crippen molar-refractivity contribution in [2.75, 3.05) is 0 Å². The Morgan fingerprint density at radius 3 is 2.24 bits per heavy atom. The smallest absolute Gasteiger partial charge is 0.408 e. The largest absolute Gasteiger partial charge is 0.479 e. The zero-order chi connectivity index (χ0) is 15.6. The molecule has 1 atom stereocenters. The van der Waals surface area contributed by atoms with E-state index in [-0.39, 0.29) is 0 Å². The van der Waals surface area contributed by atoms with Gasteiger partial charge < -0.3 is 15.2 Å². The number of benzene rings is 1. The number of carboxylic acids is 1. The van der Waals surface area contributed by atoms with Gasteiger partial charge in [-0.25, -0.2) is 9.59 Å². The van der Waals surface area contributed by atoms with Gasteiger partial charge in [0.05, 0.1) is 0 Å². The van der Waals surface area contributed by atoms with Crippen LogP contribution in [0.15, 0.2) is 24.3 Å². The molecule has 1 fully saturated rings. The fourth-order valence-corrected chi connectivity index (χ4v) is 2.09. The summed E-state index contributed by atoms with van der Waals surface area (Å²) >= 11 is 0. The minimum atomic E-state index is -1.11. The average Bonchev–Trinajstić information content (AvgIpc) is 3.18. The first-order chi connectivity index (χ1) is 9.76. The van der Waals surface area contributed by atoms with Crippen LogP contribution in [0, 0.1) is 0 Å². The molecule has 0 spiro atoms. The van der Waals surface area contributed by atoms with Gasteiger partial charge in [-0.15, -0.1) is 0 Å². The van der Waals surface area contributed by atoms with Crippen LogP contribution in [0.2, 0.25) is 0 Å². The van der Waals surface area contributed by atoms with Gasteiger partial charge >= 0.3 is 12.1 Å². The number of alkyl carbamates (subject to hydrolysis) is 1. The molecule has 0 radical (unpaired) electrons. The zero-order valence-electron chi connectivity index (χ0n) is 12.6. The van der Waals surface area contributed by atoms with E-state index >= 15 is 0 Å². The van der Waals surface area contributed by atoms with Gasteiger partial charge in [0.15, 0.2) is 6.04 Å². The molecular weight excluding hydrogens is 270 g/mol. The Kier molecular flexibility index (Phi) is 4.21. The van der Waals surface area contributed by atoms with Gasteiger partial charge in [0.1, 0.15) is 5.60 Å². The van der Waals surface area contributed by atoms with E-state index in [0.717, 1.165) is 0 Å². The minimum absolute atomic E-state index is 0.540. The Hall–Kier alpha value is -2.04. The predicted molar refractivity (Wildman–Crippen MR) is 78.2 cm³/mol. The average molecular weight is 291 g/mol. The molecule has 1 aliphatic rings. The third-order valence-corrected chi connectivity index (χ3v) is 3.23. The second kappa shape index (κ2) is 5.76. The lowest BCUT2D eigenvalue weighted by atomic mass is 10.0. The first-order valence-corrected chi connectivity index (χ1v) is 7.08. The van der Waals surface area contributed by atoms with E-state index in [1.807, 2.05) is 12.1 Å². The molecule has 114 valence electrons. The van der Waals surface area contributed by atoms with Crippen LogP contribution in [0.5, 0.6) is 0 Å². The van der Waals surface area contributed by atoms with Crippen molar-refractivity contribution in [3.05, 3.63) is 35.4 Å². The number of carbonyl (C=O) groups excluding carboxylic acids is 1. The number of rotatable bonds is 4. The van der Waals surface area contributed by atoms with Crippen molar-refractivity contribution in [2.24, 2.45) is 0 Å². The standard InChI is InChI=1S/C16H21NO4/c1-16(2,3)21-15(20)17-13(14(18)19)12-8-6-11(7-9-12)10-4-5-10/h6-10,13H,4-5H2,1-3H3,(H,17,20)(H,18,19). The highest BCUT2D eigenvalue weighted by Crippen LogP contribution is 2.40. The van der Waals surface area contributed by atoms with Gasteiger partial charge in [-0.2, -0.15) is 0 Å². The summed E-state index contributed by atoms with van der Waals surface area (Å²) in [6.45, 7) is 5.19. The molecule has 1 aromatic rings. The topological polar surface area (TPSA) is 75.6 Å². The SMILES string of the molecule is CC(C)(C)OC(=O)NC(C(=O)O)c1ccc(C2CC2)cc1. The number of amides is 1. The molecule has 2 N–H and O–H groups in total. The van der Waals surface area contributed by atoms with Crippen LogP contribution < -0.4 is 5.32 Å². The summed E-state index contributed by atoms with van der Waals surface area (Å²) in [4.78, 5) is 23.1. The summed E-state index contributed by atoms with van der Waals surface area (Å²) in [6, 6.07) is 6.26. The van der Waals surface area contributed by atoms with Crippen molar-refractivity contribution < 1.29 is 19.4 Å². The molecule has 1 amide bonds. The lowest BCUT2D eigenvalue weighted by molar-refractivity contribution is -0.139. The fraction of sp³-hybridized carbons (Fsp3) is 0.500. The van der Waals surface area contributed by atoms with Crippen LogP contribution >= 0.6 is 0 Å². The lowest BCUT2D eigenvalue weighted by Gasteiger charge is -2.22. The number of nitrogens with one attached hydrogen (secondary N) is 1. The summed E-state index contributed by atoms with van der Waals surface area (Å²) in [5.41, 5.74) is 1.10. The van der Waals surface area contributed by atoms with Crippen LogP contribution in [-0.4, -0.2) is 22.8 Å². The van der Waals surface area contributed by atoms with E-state index in [9.17, 15) is 14.7 Å². The molecule has 5 heteroatoms. The number of aliphatic carboxylic acids is 1. The van der Waals surface area contributed by atoms with E-state index in [4.69, 9.17) is 4.74 Å². The van der Waals surface area contributed by atoms with Gasteiger partial charge in [0, 0.05) is 0 Å². The van der Waals surface area contributed by atoms with Gasteiger partial charge in [-0.3, -0.25) is 0 Å². The highest BCUT2D eigenvalue weighted by atomic mass is 16.6. The number of carboxylic acid groups (broad SMARTS) is 1. The van der Waals surface area contributed by atoms with Crippen LogP contribution in [0.4, 0.5) is 4.79 Å². The normalized spacial score (nSPS) is 16.1. The maximum Gasteiger partial charge on any atom is 0.408 e. The molecule has 0 aliphatic heterocycles. The molecule has 1 unspecified atom stereocenters. The molecule has 0 heterocycles. The van der Waals surface area contributed by atoms with Crippen LogP contribution in [-0.2, 0) is 9.53 Å². The number of hydrogen-bond donors (Lipinski definition) is 2. The Morgan fingerprint density at radius 2 is 1.81 bits per heavy atom. The van der Waals surface area contributed by atoms with Crippen molar-refractivity contribution in [1.29, 1.82) is 0 Å². The van der Waals surface area contributed by atoms with Gasteiger partial charge in [0.2, 0.25) is 0 Å². The van der Waals surface area contributed by atoms with Crippen molar-refractivity contribution in [3.8, 4) is 0 Å². The molecule has 1 saturated carbocycles.